The molecule has 0 spiro atoms. The standard InChI is InChI=1S/C24H30FNO3/c1-28-19-9-10-20(22(15-19)29-2)23-21-8-3-4-11-24(21,27)12-13-26(23)16-17-6-5-7-18(25)14-17/h5-7,9-10,14-15,21,23,27H,3-4,8,11-13,16H2,1-2H3/t21-,23+,24-/m0/s1. The van der Waals surface area contributed by atoms with Gasteiger partial charge in [0.05, 0.1) is 19.8 Å². The number of benzene rings is 2. The first kappa shape index (κ1) is 20.2. The van der Waals surface area contributed by atoms with Gasteiger partial charge in [0.15, 0.2) is 0 Å². The first-order valence-corrected chi connectivity index (χ1v) is 10.5. The van der Waals surface area contributed by atoms with Crippen LogP contribution in [0.15, 0.2) is 42.5 Å². The molecule has 0 aromatic heterocycles. The number of methoxy groups -OCH3 is 2. The van der Waals surface area contributed by atoms with Gasteiger partial charge in [0.2, 0.25) is 0 Å². The molecule has 2 aliphatic rings. The van der Waals surface area contributed by atoms with Gasteiger partial charge in [0, 0.05) is 36.7 Å². The maximum absolute atomic E-state index is 13.8. The fraction of sp³-hybridized carbons (Fsp3) is 0.500. The summed E-state index contributed by atoms with van der Waals surface area (Å²) in [6.45, 7) is 1.41. The van der Waals surface area contributed by atoms with Crippen LogP contribution in [-0.2, 0) is 6.54 Å². The van der Waals surface area contributed by atoms with E-state index in [1.165, 1.54) is 6.07 Å². The zero-order chi connectivity index (χ0) is 20.4. The van der Waals surface area contributed by atoms with Gasteiger partial charge in [0.1, 0.15) is 17.3 Å². The zero-order valence-corrected chi connectivity index (χ0v) is 17.2. The summed E-state index contributed by atoms with van der Waals surface area (Å²) in [7, 11) is 3.32. The molecule has 2 aromatic rings. The Morgan fingerprint density at radius 2 is 1.97 bits per heavy atom. The lowest BCUT2D eigenvalue weighted by Crippen LogP contribution is -2.54. The third-order valence-electron chi connectivity index (χ3n) is 6.71. The lowest BCUT2D eigenvalue weighted by atomic mass is 9.66. The van der Waals surface area contributed by atoms with E-state index in [1.807, 2.05) is 18.2 Å². The largest absolute Gasteiger partial charge is 0.497 e. The normalized spacial score (nSPS) is 27.3. The van der Waals surface area contributed by atoms with Gasteiger partial charge in [-0.15, -0.1) is 0 Å². The van der Waals surface area contributed by atoms with Crippen LogP contribution in [0.3, 0.4) is 0 Å². The molecule has 0 radical (unpaired) electrons. The van der Waals surface area contributed by atoms with E-state index in [9.17, 15) is 9.50 Å². The molecule has 156 valence electrons. The van der Waals surface area contributed by atoms with E-state index in [2.05, 4.69) is 11.0 Å². The fourth-order valence-corrected chi connectivity index (χ4v) is 5.27. The first-order chi connectivity index (χ1) is 14.0. The van der Waals surface area contributed by atoms with E-state index in [0.717, 1.165) is 61.3 Å². The van der Waals surface area contributed by atoms with Crippen molar-refractivity contribution in [3.63, 3.8) is 0 Å². The van der Waals surface area contributed by atoms with Gasteiger partial charge in [-0.05, 0) is 43.0 Å². The number of aliphatic hydroxyl groups is 1. The van der Waals surface area contributed by atoms with E-state index in [0.29, 0.717) is 6.54 Å². The van der Waals surface area contributed by atoms with Crippen LogP contribution in [0, 0.1) is 11.7 Å². The highest BCUT2D eigenvalue weighted by molar-refractivity contribution is 5.43. The number of hydrogen-bond acceptors (Lipinski definition) is 4. The number of rotatable bonds is 5. The molecule has 1 heterocycles. The molecule has 0 unspecified atom stereocenters. The van der Waals surface area contributed by atoms with E-state index in [1.54, 1.807) is 26.4 Å². The molecular formula is C24H30FNO3. The second-order valence-electron chi connectivity index (χ2n) is 8.36. The monoisotopic (exact) mass is 399 g/mol. The Bertz CT molecular complexity index is 858. The Kier molecular flexibility index (Phi) is 5.79. The fourth-order valence-electron chi connectivity index (χ4n) is 5.27. The maximum Gasteiger partial charge on any atom is 0.127 e. The average molecular weight is 400 g/mol. The molecule has 1 saturated heterocycles. The predicted molar refractivity (Wildman–Crippen MR) is 111 cm³/mol. The molecule has 2 aromatic carbocycles. The van der Waals surface area contributed by atoms with E-state index < -0.39 is 5.60 Å². The third-order valence-corrected chi connectivity index (χ3v) is 6.71. The molecule has 1 aliphatic heterocycles. The molecule has 2 fully saturated rings. The summed E-state index contributed by atoms with van der Waals surface area (Å²) in [6.07, 6.45) is 4.78. The van der Waals surface area contributed by atoms with Gasteiger partial charge in [-0.1, -0.05) is 31.0 Å². The van der Waals surface area contributed by atoms with Crippen LogP contribution >= 0.6 is 0 Å². The van der Waals surface area contributed by atoms with E-state index in [-0.39, 0.29) is 17.8 Å². The Morgan fingerprint density at radius 3 is 2.72 bits per heavy atom. The number of likely N-dealkylation sites (tertiary alicyclic amines) is 1. The predicted octanol–water partition coefficient (Wildman–Crippen LogP) is 4.71. The van der Waals surface area contributed by atoms with Gasteiger partial charge in [0.25, 0.3) is 0 Å². The number of nitrogens with zero attached hydrogens (tertiary/aromatic N) is 1. The summed E-state index contributed by atoms with van der Waals surface area (Å²) >= 11 is 0. The lowest BCUT2D eigenvalue weighted by Gasteiger charge is -2.53. The van der Waals surface area contributed by atoms with Crippen LogP contribution in [0.2, 0.25) is 0 Å². The SMILES string of the molecule is COc1ccc([C@@H]2[C@@H]3CCCC[C@]3(O)CCN2Cc2cccc(F)c2)c(OC)c1. The molecule has 4 rings (SSSR count). The smallest absolute Gasteiger partial charge is 0.127 e. The summed E-state index contributed by atoms with van der Waals surface area (Å²) in [6, 6.07) is 12.7. The van der Waals surface area contributed by atoms with Crippen LogP contribution in [0.4, 0.5) is 4.39 Å². The number of ether oxygens (including phenoxy) is 2. The van der Waals surface area contributed by atoms with Crippen molar-refractivity contribution in [2.75, 3.05) is 20.8 Å². The zero-order valence-electron chi connectivity index (χ0n) is 17.2. The van der Waals surface area contributed by atoms with Gasteiger partial charge in [-0.25, -0.2) is 4.39 Å². The van der Waals surface area contributed by atoms with Crippen molar-refractivity contribution in [1.82, 2.24) is 4.90 Å². The van der Waals surface area contributed by atoms with Crippen molar-refractivity contribution in [1.29, 1.82) is 0 Å². The molecule has 1 saturated carbocycles. The minimum atomic E-state index is -0.647. The van der Waals surface area contributed by atoms with Crippen LogP contribution in [0.25, 0.3) is 0 Å². The van der Waals surface area contributed by atoms with Gasteiger partial charge in [-0.2, -0.15) is 0 Å². The number of halogens is 1. The Morgan fingerprint density at radius 1 is 1.10 bits per heavy atom. The minimum Gasteiger partial charge on any atom is -0.497 e. The number of piperidine rings is 1. The van der Waals surface area contributed by atoms with Crippen molar-refractivity contribution >= 4 is 0 Å². The second-order valence-corrected chi connectivity index (χ2v) is 8.36. The average Bonchev–Trinajstić information content (AvgIpc) is 2.73. The van der Waals surface area contributed by atoms with E-state index in [4.69, 9.17) is 9.47 Å². The van der Waals surface area contributed by atoms with Crippen molar-refractivity contribution in [2.24, 2.45) is 5.92 Å². The quantitative estimate of drug-likeness (QED) is 0.791. The van der Waals surface area contributed by atoms with Crippen molar-refractivity contribution in [3.8, 4) is 11.5 Å². The highest BCUT2D eigenvalue weighted by Gasteiger charge is 2.49. The Hall–Kier alpha value is -2.11. The highest BCUT2D eigenvalue weighted by atomic mass is 19.1. The summed E-state index contributed by atoms with van der Waals surface area (Å²) in [5.41, 5.74) is 1.37. The molecule has 0 amide bonds. The topological polar surface area (TPSA) is 41.9 Å². The number of fused-ring (bicyclic) bond motifs is 1. The van der Waals surface area contributed by atoms with Gasteiger partial charge in [-0.3, -0.25) is 4.90 Å². The molecule has 1 aliphatic carbocycles. The molecule has 0 bridgehead atoms. The highest BCUT2D eigenvalue weighted by Crippen LogP contribution is 2.51. The lowest BCUT2D eigenvalue weighted by molar-refractivity contribution is -0.126. The molecule has 3 atom stereocenters. The van der Waals surface area contributed by atoms with Crippen LogP contribution < -0.4 is 9.47 Å². The Balaban J connectivity index is 1.74. The number of hydrogen-bond donors (Lipinski definition) is 1. The van der Waals surface area contributed by atoms with Gasteiger partial charge < -0.3 is 14.6 Å². The van der Waals surface area contributed by atoms with Crippen LogP contribution in [0.5, 0.6) is 11.5 Å². The third kappa shape index (κ3) is 3.99. The van der Waals surface area contributed by atoms with Gasteiger partial charge >= 0.3 is 0 Å². The first-order valence-electron chi connectivity index (χ1n) is 10.5. The van der Waals surface area contributed by atoms with Crippen molar-refractivity contribution in [2.45, 2.75) is 50.3 Å². The second kappa shape index (κ2) is 8.33. The van der Waals surface area contributed by atoms with Crippen molar-refractivity contribution < 1.29 is 19.0 Å². The van der Waals surface area contributed by atoms with Crippen LogP contribution in [0.1, 0.15) is 49.3 Å². The van der Waals surface area contributed by atoms with E-state index >= 15 is 0 Å². The van der Waals surface area contributed by atoms with Crippen molar-refractivity contribution in [3.05, 3.63) is 59.4 Å². The Labute approximate surface area is 172 Å². The summed E-state index contributed by atoms with van der Waals surface area (Å²) in [5.74, 6) is 1.43. The molecule has 29 heavy (non-hydrogen) atoms. The van der Waals surface area contributed by atoms with Crippen LogP contribution in [-0.4, -0.2) is 36.4 Å². The summed E-state index contributed by atoms with van der Waals surface area (Å²) in [5, 5.41) is 11.5. The molecule has 4 nitrogen and oxygen atoms in total. The maximum atomic E-state index is 13.8. The summed E-state index contributed by atoms with van der Waals surface area (Å²) < 4.78 is 24.9. The minimum absolute atomic E-state index is 0.0122. The molecule has 5 heteroatoms. The molecular weight excluding hydrogens is 369 g/mol. The summed E-state index contributed by atoms with van der Waals surface area (Å²) in [4.78, 5) is 2.38. The molecule has 1 N–H and O–H groups in total.